The van der Waals surface area contributed by atoms with Crippen LogP contribution < -0.4 is 0 Å². The van der Waals surface area contributed by atoms with E-state index in [1.54, 1.807) is 12.1 Å². The van der Waals surface area contributed by atoms with E-state index in [-0.39, 0.29) is 12.1 Å². The van der Waals surface area contributed by atoms with Crippen molar-refractivity contribution >= 4 is 28.7 Å². The Morgan fingerprint density at radius 2 is 1.95 bits per heavy atom. The molecule has 1 fully saturated rings. The normalized spacial score (nSPS) is 20.7. The molecular formula is C14H16N2O4S. The van der Waals surface area contributed by atoms with Crippen molar-refractivity contribution in [1.82, 2.24) is 9.80 Å². The number of hydrogen-bond acceptors (Lipinski definition) is 6. The highest BCUT2D eigenvalue weighted by Gasteiger charge is 2.39. The molecule has 7 heteroatoms. The van der Waals surface area contributed by atoms with Gasteiger partial charge in [-0.2, -0.15) is 0 Å². The van der Waals surface area contributed by atoms with E-state index in [0.29, 0.717) is 24.6 Å². The lowest BCUT2D eigenvalue weighted by Crippen LogP contribution is -2.43. The maximum atomic E-state index is 12.3. The first-order valence-corrected chi connectivity index (χ1v) is 7.70. The molecule has 2 amide bonds. The fraction of sp³-hybridized carbons (Fsp3) is 0.429. The molecular weight excluding hydrogens is 292 g/mol. The van der Waals surface area contributed by atoms with Crippen molar-refractivity contribution in [2.75, 3.05) is 39.4 Å². The van der Waals surface area contributed by atoms with Crippen molar-refractivity contribution in [2.24, 2.45) is 0 Å². The molecule has 112 valence electrons. The quantitative estimate of drug-likeness (QED) is 0.830. The number of nitrogens with zero attached hydrogens (tertiary/aromatic N) is 2. The first kappa shape index (κ1) is 14.2. The Labute approximate surface area is 126 Å². The van der Waals surface area contributed by atoms with Gasteiger partial charge in [0.2, 0.25) is 0 Å². The number of ether oxygens (including phenoxy) is 1. The summed E-state index contributed by atoms with van der Waals surface area (Å²) in [4.78, 5) is 28.3. The lowest BCUT2D eigenvalue weighted by Gasteiger charge is -2.28. The smallest absolute Gasteiger partial charge is 0.296 e. The zero-order valence-electron chi connectivity index (χ0n) is 11.4. The van der Waals surface area contributed by atoms with Crippen LogP contribution in [0.1, 0.15) is 4.88 Å². The second kappa shape index (κ2) is 5.97. The highest BCUT2D eigenvalue weighted by Crippen LogP contribution is 2.30. The summed E-state index contributed by atoms with van der Waals surface area (Å²) in [5.74, 6) is -1.45. The molecule has 1 aromatic rings. The van der Waals surface area contributed by atoms with Gasteiger partial charge in [-0.15, -0.1) is 11.3 Å². The molecule has 0 saturated carbocycles. The average molecular weight is 308 g/mol. The van der Waals surface area contributed by atoms with Crippen molar-refractivity contribution in [3.63, 3.8) is 0 Å². The first-order valence-electron chi connectivity index (χ1n) is 6.82. The number of aliphatic hydroxyl groups is 1. The molecule has 21 heavy (non-hydrogen) atoms. The Hall–Kier alpha value is -1.70. The number of hydrogen-bond donors (Lipinski definition) is 1. The van der Waals surface area contributed by atoms with Gasteiger partial charge in [0.05, 0.1) is 13.2 Å². The Kier molecular flexibility index (Phi) is 4.05. The number of carbonyl (C=O) groups excluding carboxylic acids is 2. The van der Waals surface area contributed by atoms with Crippen LogP contribution in [0.2, 0.25) is 0 Å². The molecule has 0 spiro atoms. The second-order valence-corrected chi connectivity index (χ2v) is 5.86. The summed E-state index contributed by atoms with van der Waals surface area (Å²) in [6.07, 6.45) is 0. The van der Waals surface area contributed by atoms with Gasteiger partial charge in [0.15, 0.2) is 5.76 Å². The van der Waals surface area contributed by atoms with Crippen LogP contribution in [0.15, 0.2) is 23.3 Å². The molecule has 0 atom stereocenters. The summed E-state index contributed by atoms with van der Waals surface area (Å²) in [7, 11) is 0. The number of carbonyl (C=O) groups is 2. The van der Waals surface area contributed by atoms with Gasteiger partial charge in [0.25, 0.3) is 11.8 Å². The maximum absolute atomic E-state index is 12.3. The number of morpholine rings is 1. The minimum absolute atomic E-state index is 0.122. The van der Waals surface area contributed by atoms with Gasteiger partial charge in [-0.1, -0.05) is 6.07 Å². The Bertz CT molecular complexity index is 576. The van der Waals surface area contributed by atoms with Gasteiger partial charge in [-0.25, -0.2) is 0 Å². The van der Waals surface area contributed by atoms with Crippen LogP contribution in [0.25, 0.3) is 5.57 Å². The molecule has 2 aliphatic rings. The van der Waals surface area contributed by atoms with Crippen LogP contribution in [-0.2, 0) is 14.3 Å². The summed E-state index contributed by atoms with van der Waals surface area (Å²) in [6, 6.07) is 3.52. The number of aliphatic hydroxyl groups excluding tert-OH is 1. The van der Waals surface area contributed by atoms with Crippen LogP contribution >= 0.6 is 11.3 Å². The van der Waals surface area contributed by atoms with Crippen LogP contribution in [0, 0.1) is 0 Å². The van der Waals surface area contributed by atoms with E-state index in [2.05, 4.69) is 4.90 Å². The topological polar surface area (TPSA) is 70.1 Å². The lowest BCUT2D eigenvalue weighted by atomic mass is 10.2. The summed E-state index contributed by atoms with van der Waals surface area (Å²) in [6.45, 7) is 3.83. The molecule has 6 nitrogen and oxygen atoms in total. The maximum Gasteiger partial charge on any atom is 0.296 e. The molecule has 0 radical (unpaired) electrons. The number of amides is 2. The largest absolute Gasteiger partial charge is 0.502 e. The van der Waals surface area contributed by atoms with Crippen molar-refractivity contribution in [3.8, 4) is 0 Å². The molecule has 2 aliphatic heterocycles. The monoisotopic (exact) mass is 308 g/mol. The fourth-order valence-electron chi connectivity index (χ4n) is 2.48. The SMILES string of the molecule is O=C1C(O)=C(c2cccs2)C(=O)N1CCN1CCOCC1. The van der Waals surface area contributed by atoms with Crippen molar-refractivity contribution in [1.29, 1.82) is 0 Å². The van der Waals surface area contributed by atoms with Crippen LogP contribution in [0.4, 0.5) is 0 Å². The second-order valence-electron chi connectivity index (χ2n) is 4.92. The predicted molar refractivity (Wildman–Crippen MR) is 77.8 cm³/mol. The molecule has 1 aromatic heterocycles. The standard InChI is InChI=1S/C14H16N2O4S/c17-12-11(10-2-1-9-21-10)13(18)16(14(12)19)4-3-15-5-7-20-8-6-15/h1-2,9,17H,3-8H2. The van der Waals surface area contributed by atoms with E-state index < -0.39 is 17.6 Å². The van der Waals surface area contributed by atoms with E-state index >= 15 is 0 Å². The van der Waals surface area contributed by atoms with Gasteiger partial charge in [-0.05, 0) is 11.4 Å². The Morgan fingerprint density at radius 3 is 2.62 bits per heavy atom. The summed E-state index contributed by atoms with van der Waals surface area (Å²) >= 11 is 1.33. The molecule has 0 bridgehead atoms. The average Bonchev–Trinajstić information content (AvgIpc) is 3.08. The number of imide groups is 1. The molecule has 1 saturated heterocycles. The Morgan fingerprint density at radius 1 is 1.19 bits per heavy atom. The van der Waals surface area contributed by atoms with Gasteiger partial charge in [-0.3, -0.25) is 19.4 Å². The van der Waals surface area contributed by atoms with Crippen molar-refractivity contribution in [3.05, 3.63) is 28.1 Å². The number of thiophene rings is 1. The summed E-state index contributed by atoms with van der Waals surface area (Å²) in [5, 5.41) is 11.8. The van der Waals surface area contributed by atoms with Gasteiger partial charge >= 0.3 is 0 Å². The molecule has 3 rings (SSSR count). The zero-order chi connectivity index (χ0) is 14.8. The van der Waals surface area contributed by atoms with Crippen molar-refractivity contribution in [2.45, 2.75) is 0 Å². The fourth-order valence-corrected chi connectivity index (χ4v) is 3.24. The summed E-state index contributed by atoms with van der Waals surface area (Å²) < 4.78 is 5.26. The Balaban J connectivity index is 1.68. The van der Waals surface area contributed by atoms with Gasteiger partial charge in [0.1, 0.15) is 5.57 Å². The molecule has 1 N–H and O–H groups in total. The highest BCUT2D eigenvalue weighted by atomic mass is 32.1. The summed E-state index contributed by atoms with van der Waals surface area (Å²) in [5.41, 5.74) is 0.122. The molecule has 3 heterocycles. The van der Waals surface area contributed by atoms with Crippen LogP contribution in [0.5, 0.6) is 0 Å². The van der Waals surface area contributed by atoms with Crippen molar-refractivity contribution < 1.29 is 19.4 Å². The third-order valence-electron chi connectivity index (χ3n) is 3.65. The van der Waals surface area contributed by atoms with Gasteiger partial charge < -0.3 is 9.84 Å². The third kappa shape index (κ3) is 2.72. The van der Waals surface area contributed by atoms with E-state index in [4.69, 9.17) is 4.74 Å². The first-order chi connectivity index (χ1) is 10.2. The van der Waals surface area contributed by atoms with E-state index in [1.807, 2.05) is 5.38 Å². The minimum Gasteiger partial charge on any atom is -0.502 e. The molecule has 0 aliphatic carbocycles. The highest BCUT2D eigenvalue weighted by molar-refractivity contribution is 7.11. The number of rotatable bonds is 4. The molecule has 0 unspecified atom stereocenters. The van der Waals surface area contributed by atoms with E-state index in [0.717, 1.165) is 18.0 Å². The predicted octanol–water partition coefficient (Wildman–Crippen LogP) is 0.718. The lowest BCUT2D eigenvalue weighted by molar-refractivity contribution is -0.138. The van der Waals surface area contributed by atoms with E-state index in [1.165, 1.54) is 11.3 Å². The minimum atomic E-state index is -0.600. The molecule has 0 aromatic carbocycles. The van der Waals surface area contributed by atoms with Crippen LogP contribution in [-0.4, -0.2) is 66.1 Å². The van der Waals surface area contributed by atoms with Crippen LogP contribution in [0.3, 0.4) is 0 Å². The van der Waals surface area contributed by atoms with Gasteiger partial charge in [0, 0.05) is 31.1 Å². The third-order valence-corrected chi connectivity index (χ3v) is 4.54. The zero-order valence-corrected chi connectivity index (χ0v) is 12.3. The van der Waals surface area contributed by atoms with E-state index in [9.17, 15) is 14.7 Å².